The van der Waals surface area contributed by atoms with Gasteiger partial charge in [-0.3, -0.25) is 4.79 Å². The first-order chi connectivity index (χ1) is 20.9. The second-order valence-corrected chi connectivity index (χ2v) is 12.8. The zero-order valence-corrected chi connectivity index (χ0v) is 24.9. The van der Waals surface area contributed by atoms with E-state index in [-0.39, 0.29) is 11.3 Å². The lowest BCUT2D eigenvalue weighted by Crippen LogP contribution is -2.48. The summed E-state index contributed by atoms with van der Waals surface area (Å²) in [6, 6.07) is 22.8. The van der Waals surface area contributed by atoms with Gasteiger partial charge in [-0.15, -0.1) is 0 Å². The number of hydrogen-bond acceptors (Lipinski definition) is 4. The van der Waals surface area contributed by atoms with Crippen molar-refractivity contribution in [3.63, 3.8) is 0 Å². The van der Waals surface area contributed by atoms with Gasteiger partial charge in [0.25, 0.3) is 0 Å². The summed E-state index contributed by atoms with van der Waals surface area (Å²) in [4.78, 5) is 22.4. The van der Waals surface area contributed by atoms with Crippen LogP contribution in [-0.2, 0) is 21.6 Å². The number of carboxylic acid groups (broad SMARTS) is 1. The first-order valence-electron chi connectivity index (χ1n) is 15.6. The molecule has 6 heteroatoms. The molecule has 2 N–H and O–H groups in total. The molecular weight excluding hydrogens is 538 g/mol. The molecule has 224 valence electrons. The molecule has 4 aliphatic carbocycles. The number of amides is 1. The van der Waals surface area contributed by atoms with Gasteiger partial charge in [0.1, 0.15) is 18.1 Å². The normalized spacial score (nSPS) is 23.8. The van der Waals surface area contributed by atoms with E-state index in [0.29, 0.717) is 31.9 Å². The smallest absolute Gasteiger partial charge is 0.328 e. The molecule has 0 radical (unpaired) electrons. The lowest BCUT2D eigenvalue weighted by atomic mass is 9.48. The molecule has 43 heavy (non-hydrogen) atoms. The minimum Gasteiger partial charge on any atom is -0.493 e. The minimum atomic E-state index is -0.992. The molecule has 0 atom stereocenters. The van der Waals surface area contributed by atoms with Gasteiger partial charge in [0, 0.05) is 30.7 Å². The van der Waals surface area contributed by atoms with E-state index in [1.807, 2.05) is 24.3 Å². The van der Waals surface area contributed by atoms with Gasteiger partial charge in [0.05, 0.1) is 6.61 Å². The van der Waals surface area contributed by atoms with Crippen LogP contribution in [0.25, 0.3) is 17.2 Å². The fourth-order valence-corrected chi connectivity index (χ4v) is 8.10. The second-order valence-electron chi connectivity index (χ2n) is 12.8. The molecule has 3 aromatic rings. The summed E-state index contributed by atoms with van der Waals surface area (Å²) < 4.78 is 12.9. The van der Waals surface area contributed by atoms with Crippen molar-refractivity contribution in [2.24, 2.45) is 17.8 Å². The molecule has 1 amide bonds. The average molecular weight is 580 g/mol. The van der Waals surface area contributed by atoms with Crippen LogP contribution in [0, 0.1) is 17.8 Å². The predicted molar refractivity (Wildman–Crippen MR) is 168 cm³/mol. The third kappa shape index (κ3) is 6.79. The van der Waals surface area contributed by atoms with Crippen molar-refractivity contribution in [1.82, 2.24) is 5.32 Å². The summed E-state index contributed by atoms with van der Waals surface area (Å²) in [7, 11) is 0. The Bertz CT molecular complexity index is 1460. The van der Waals surface area contributed by atoms with Gasteiger partial charge in [0.15, 0.2) is 0 Å². The number of hydrogen-bond donors (Lipinski definition) is 2. The number of carboxylic acids is 1. The monoisotopic (exact) mass is 579 g/mol. The quantitative estimate of drug-likeness (QED) is 0.173. The molecule has 0 saturated heterocycles. The van der Waals surface area contributed by atoms with Crippen molar-refractivity contribution in [2.75, 3.05) is 13.2 Å². The average Bonchev–Trinajstić information content (AvgIpc) is 2.98. The molecular formula is C37H41NO5. The number of carbonyl (C=O) groups is 2. The number of ether oxygens (including phenoxy) is 2. The molecule has 0 aliphatic heterocycles. The van der Waals surface area contributed by atoms with Gasteiger partial charge >= 0.3 is 5.97 Å². The first-order valence-corrected chi connectivity index (χ1v) is 15.6. The highest BCUT2D eigenvalue weighted by Gasteiger charge is 2.52. The van der Waals surface area contributed by atoms with Crippen molar-refractivity contribution in [1.29, 1.82) is 0 Å². The van der Waals surface area contributed by atoms with Crippen LogP contribution in [0.4, 0.5) is 0 Å². The summed E-state index contributed by atoms with van der Waals surface area (Å²) >= 11 is 0. The number of nitrogens with one attached hydrogen (secondary N) is 1. The van der Waals surface area contributed by atoms with E-state index in [9.17, 15) is 9.59 Å². The van der Waals surface area contributed by atoms with E-state index in [4.69, 9.17) is 14.6 Å². The van der Waals surface area contributed by atoms with Crippen molar-refractivity contribution in [2.45, 2.75) is 63.9 Å². The largest absolute Gasteiger partial charge is 0.493 e. The Balaban J connectivity index is 1.35. The molecule has 7 rings (SSSR count). The van der Waals surface area contributed by atoms with Crippen LogP contribution in [0.2, 0.25) is 0 Å². The second kappa shape index (κ2) is 12.7. The van der Waals surface area contributed by atoms with Crippen molar-refractivity contribution in [3.05, 3.63) is 89.5 Å². The van der Waals surface area contributed by atoms with Gasteiger partial charge in [-0.05, 0) is 109 Å². The van der Waals surface area contributed by atoms with E-state index >= 15 is 0 Å². The molecule has 3 aromatic carbocycles. The third-order valence-corrected chi connectivity index (χ3v) is 9.51. The van der Waals surface area contributed by atoms with E-state index in [1.165, 1.54) is 51.0 Å². The number of aliphatic carboxylic acids is 1. The predicted octanol–water partition coefficient (Wildman–Crippen LogP) is 7.40. The molecule has 0 spiro atoms. The molecule has 4 aliphatic rings. The van der Waals surface area contributed by atoms with Crippen LogP contribution in [0.3, 0.4) is 0 Å². The maximum absolute atomic E-state index is 11.3. The Kier molecular flexibility index (Phi) is 8.55. The molecule has 0 unspecified atom stereocenters. The Morgan fingerprint density at radius 1 is 0.907 bits per heavy atom. The number of rotatable bonds is 12. The highest BCUT2D eigenvalue weighted by molar-refractivity contribution is 5.86. The fourth-order valence-electron chi connectivity index (χ4n) is 8.10. The van der Waals surface area contributed by atoms with Gasteiger partial charge in [-0.2, -0.15) is 0 Å². The zero-order chi connectivity index (χ0) is 29.8. The van der Waals surface area contributed by atoms with Gasteiger partial charge in [0.2, 0.25) is 5.91 Å². The Labute approximate surface area is 254 Å². The topological polar surface area (TPSA) is 84.9 Å². The van der Waals surface area contributed by atoms with E-state index in [1.54, 1.807) is 6.08 Å². The van der Waals surface area contributed by atoms with E-state index < -0.39 is 5.97 Å². The summed E-state index contributed by atoms with van der Waals surface area (Å²) in [5, 5.41) is 12.0. The molecule has 0 aromatic heterocycles. The molecule has 4 fully saturated rings. The highest BCUT2D eigenvalue weighted by Crippen LogP contribution is 2.62. The summed E-state index contributed by atoms with van der Waals surface area (Å²) in [6.45, 7) is 3.00. The Morgan fingerprint density at radius 2 is 1.63 bits per heavy atom. The third-order valence-electron chi connectivity index (χ3n) is 9.51. The van der Waals surface area contributed by atoms with Crippen molar-refractivity contribution < 1.29 is 24.2 Å². The van der Waals surface area contributed by atoms with Crippen LogP contribution in [0.5, 0.6) is 11.5 Å². The van der Waals surface area contributed by atoms with Crippen LogP contribution >= 0.6 is 0 Å². The zero-order valence-electron chi connectivity index (χ0n) is 24.9. The van der Waals surface area contributed by atoms with Crippen LogP contribution in [0.15, 0.2) is 72.8 Å². The maximum atomic E-state index is 11.3. The fraction of sp³-hybridized carbons (Fsp3) is 0.405. The lowest BCUT2D eigenvalue weighted by Gasteiger charge is -2.57. The molecule has 4 saturated carbocycles. The highest BCUT2D eigenvalue weighted by atomic mass is 16.5. The van der Waals surface area contributed by atoms with Crippen molar-refractivity contribution >= 4 is 18.0 Å². The van der Waals surface area contributed by atoms with Crippen molar-refractivity contribution in [3.8, 4) is 22.6 Å². The van der Waals surface area contributed by atoms with Crippen LogP contribution in [0.1, 0.15) is 68.6 Å². The van der Waals surface area contributed by atoms with Crippen LogP contribution in [-0.4, -0.2) is 30.1 Å². The maximum Gasteiger partial charge on any atom is 0.328 e. The van der Waals surface area contributed by atoms with Crippen LogP contribution < -0.4 is 14.8 Å². The molecule has 4 bridgehead atoms. The van der Waals surface area contributed by atoms with Gasteiger partial charge in [-0.25, -0.2) is 4.79 Å². The number of benzene rings is 3. The Morgan fingerprint density at radius 3 is 2.30 bits per heavy atom. The lowest BCUT2D eigenvalue weighted by molar-refractivity contribution is -0.131. The first kappa shape index (κ1) is 29.0. The minimum absolute atomic E-state index is 0.0618. The molecule has 6 nitrogen and oxygen atoms in total. The summed E-state index contributed by atoms with van der Waals surface area (Å²) in [6.07, 6.45) is 11.2. The number of carbonyl (C=O) groups excluding carboxylic acids is 1. The van der Waals surface area contributed by atoms with E-state index in [2.05, 4.69) is 47.8 Å². The van der Waals surface area contributed by atoms with E-state index in [0.717, 1.165) is 51.8 Å². The SMILES string of the molecule is CC(=O)NCCCOc1cc(C=CC(=O)O)ccc1-c1ccc(OCc2ccccc2)c(C23CC4CC(CC(C4)C2)C3)c1. The summed E-state index contributed by atoms with van der Waals surface area (Å²) in [5.41, 5.74) is 5.41. The molecule has 0 heterocycles. The standard InChI is InChI=1S/C37H41NO5/c1-25(39)38-14-5-15-42-35-19-26(9-13-36(40)41)8-11-32(35)31-10-12-34(43-24-27-6-3-2-4-7-27)33(20-31)37-21-28-16-29(22-37)18-30(17-28)23-37/h2-4,6-13,19-20,28-30H,5,14-18,21-24H2,1H3,(H,38,39)(H,40,41). The summed E-state index contributed by atoms with van der Waals surface area (Å²) in [5.74, 6) is 3.04. The Hall–Kier alpha value is -4.06. The van der Waals surface area contributed by atoms with Gasteiger partial charge < -0.3 is 19.9 Å². The van der Waals surface area contributed by atoms with Gasteiger partial charge in [-0.1, -0.05) is 48.5 Å².